The molecule has 126 valence electrons. The molecule has 0 saturated heterocycles. The van der Waals surface area contributed by atoms with E-state index >= 15 is 0 Å². The van der Waals surface area contributed by atoms with Gasteiger partial charge in [0.15, 0.2) is 0 Å². The fourth-order valence-corrected chi connectivity index (χ4v) is 2.89. The van der Waals surface area contributed by atoms with Gasteiger partial charge in [-0.2, -0.15) is 0 Å². The van der Waals surface area contributed by atoms with Crippen molar-refractivity contribution in [1.82, 2.24) is 5.32 Å². The molecule has 2 aromatic rings. The Hall–Kier alpha value is -2.27. The summed E-state index contributed by atoms with van der Waals surface area (Å²) in [7, 11) is 0. The number of benzene rings is 2. The van der Waals surface area contributed by atoms with Crippen molar-refractivity contribution in [2.45, 2.75) is 19.9 Å². The van der Waals surface area contributed by atoms with Gasteiger partial charge in [-0.3, -0.25) is 9.59 Å². The monoisotopic (exact) mass is 342 g/mol. The summed E-state index contributed by atoms with van der Waals surface area (Å²) in [6, 6.07) is 17.4. The Bertz CT molecular complexity index is 689. The molecule has 2 aromatic carbocycles. The van der Waals surface area contributed by atoms with E-state index in [-0.39, 0.29) is 29.4 Å². The van der Waals surface area contributed by atoms with Crippen LogP contribution in [0.4, 0.5) is 5.69 Å². The number of amides is 2. The van der Waals surface area contributed by atoms with E-state index in [4.69, 9.17) is 0 Å². The Morgan fingerprint density at radius 2 is 1.71 bits per heavy atom. The number of anilines is 1. The Kier molecular flexibility index (Phi) is 6.88. The first-order valence-electron chi connectivity index (χ1n) is 7.83. The zero-order valence-corrected chi connectivity index (χ0v) is 14.7. The molecule has 0 unspecified atom stereocenters. The lowest BCUT2D eigenvalue weighted by molar-refractivity contribution is -0.119. The second-order valence-corrected chi connectivity index (χ2v) is 6.60. The number of carbonyl (C=O) groups excluding carboxylic acids is 2. The van der Waals surface area contributed by atoms with E-state index in [1.54, 1.807) is 0 Å². The standard InChI is InChI=1S/C19H22N2O2S/c1-14-7-6-10-17(11-14)21-19(23)13-24-12-18(22)20-15(2)16-8-4-3-5-9-16/h3-11,15H,12-13H2,1-2H3,(H,20,22)(H,21,23)/t15-/m0/s1. The summed E-state index contributed by atoms with van der Waals surface area (Å²) in [5.74, 6) is 0.341. The maximum absolute atomic E-state index is 11.9. The summed E-state index contributed by atoms with van der Waals surface area (Å²) in [4.78, 5) is 23.8. The lowest BCUT2D eigenvalue weighted by Gasteiger charge is -2.14. The van der Waals surface area contributed by atoms with Gasteiger partial charge in [-0.15, -0.1) is 11.8 Å². The molecule has 0 aliphatic carbocycles. The lowest BCUT2D eigenvalue weighted by Crippen LogP contribution is -2.28. The molecule has 0 aromatic heterocycles. The van der Waals surface area contributed by atoms with Crippen molar-refractivity contribution in [3.8, 4) is 0 Å². The molecule has 0 saturated carbocycles. The van der Waals surface area contributed by atoms with Crippen LogP contribution in [0.2, 0.25) is 0 Å². The van der Waals surface area contributed by atoms with Gasteiger partial charge >= 0.3 is 0 Å². The highest BCUT2D eigenvalue weighted by molar-refractivity contribution is 8.00. The first kappa shape index (κ1) is 18.1. The van der Waals surface area contributed by atoms with E-state index in [1.807, 2.05) is 68.4 Å². The largest absolute Gasteiger partial charge is 0.349 e. The van der Waals surface area contributed by atoms with Gasteiger partial charge in [0.25, 0.3) is 0 Å². The van der Waals surface area contributed by atoms with E-state index < -0.39 is 0 Å². The average molecular weight is 342 g/mol. The van der Waals surface area contributed by atoms with Gasteiger partial charge < -0.3 is 10.6 Å². The molecule has 24 heavy (non-hydrogen) atoms. The van der Waals surface area contributed by atoms with Gasteiger partial charge in [-0.25, -0.2) is 0 Å². The fraction of sp³-hybridized carbons (Fsp3) is 0.263. The molecule has 2 amide bonds. The van der Waals surface area contributed by atoms with E-state index in [2.05, 4.69) is 10.6 Å². The first-order chi connectivity index (χ1) is 11.5. The van der Waals surface area contributed by atoms with Gasteiger partial charge in [0.2, 0.25) is 11.8 Å². The van der Waals surface area contributed by atoms with Crippen LogP contribution in [-0.2, 0) is 9.59 Å². The number of rotatable bonds is 7. The van der Waals surface area contributed by atoms with Crippen LogP contribution in [0.15, 0.2) is 54.6 Å². The van der Waals surface area contributed by atoms with Crippen molar-refractivity contribution >= 4 is 29.3 Å². The summed E-state index contributed by atoms with van der Waals surface area (Å²) in [6.07, 6.45) is 0. The molecule has 0 aliphatic heterocycles. The lowest BCUT2D eigenvalue weighted by atomic mass is 10.1. The first-order valence-corrected chi connectivity index (χ1v) is 8.98. The Morgan fingerprint density at radius 1 is 1.00 bits per heavy atom. The number of nitrogens with one attached hydrogen (secondary N) is 2. The molecule has 0 fully saturated rings. The van der Waals surface area contributed by atoms with Crippen molar-refractivity contribution < 1.29 is 9.59 Å². The van der Waals surface area contributed by atoms with Crippen LogP contribution in [0, 0.1) is 6.92 Å². The van der Waals surface area contributed by atoms with Crippen LogP contribution in [0.3, 0.4) is 0 Å². The molecule has 0 radical (unpaired) electrons. The molecule has 2 rings (SSSR count). The topological polar surface area (TPSA) is 58.2 Å². The number of thioether (sulfide) groups is 1. The van der Waals surface area contributed by atoms with Gasteiger partial charge in [-0.1, -0.05) is 42.5 Å². The van der Waals surface area contributed by atoms with E-state index in [0.717, 1.165) is 16.8 Å². The molecule has 0 heterocycles. The number of carbonyl (C=O) groups is 2. The average Bonchev–Trinajstić information content (AvgIpc) is 2.55. The van der Waals surface area contributed by atoms with Crippen LogP contribution in [-0.4, -0.2) is 23.3 Å². The van der Waals surface area contributed by atoms with Crippen LogP contribution >= 0.6 is 11.8 Å². The number of hydrogen-bond donors (Lipinski definition) is 2. The second-order valence-electron chi connectivity index (χ2n) is 5.61. The summed E-state index contributed by atoms with van der Waals surface area (Å²) < 4.78 is 0. The van der Waals surface area contributed by atoms with Crippen molar-refractivity contribution in [2.24, 2.45) is 0 Å². The Morgan fingerprint density at radius 3 is 2.42 bits per heavy atom. The molecule has 1 atom stereocenters. The van der Waals surface area contributed by atoms with Crippen molar-refractivity contribution in [3.63, 3.8) is 0 Å². The highest BCUT2D eigenvalue weighted by Gasteiger charge is 2.10. The highest BCUT2D eigenvalue weighted by atomic mass is 32.2. The van der Waals surface area contributed by atoms with Crippen LogP contribution in [0.5, 0.6) is 0 Å². The summed E-state index contributed by atoms with van der Waals surface area (Å²) in [5.41, 5.74) is 2.94. The molecule has 0 aliphatic rings. The third-order valence-corrected chi connectivity index (χ3v) is 4.38. The third-order valence-electron chi connectivity index (χ3n) is 3.45. The minimum atomic E-state index is -0.102. The normalized spacial score (nSPS) is 11.6. The molecule has 0 spiro atoms. The maximum atomic E-state index is 11.9. The van der Waals surface area contributed by atoms with Crippen molar-refractivity contribution in [2.75, 3.05) is 16.8 Å². The van der Waals surface area contributed by atoms with Crippen LogP contribution in [0.25, 0.3) is 0 Å². The van der Waals surface area contributed by atoms with E-state index in [9.17, 15) is 9.59 Å². The highest BCUT2D eigenvalue weighted by Crippen LogP contribution is 2.12. The smallest absolute Gasteiger partial charge is 0.234 e. The van der Waals surface area contributed by atoms with E-state index in [1.165, 1.54) is 11.8 Å². The molecule has 4 nitrogen and oxygen atoms in total. The summed E-state index contributed by atoms with van der Waals surface area (Å²) in [5, 5.41) is 5.77. The summed E-state index contributed by atoms with van der Waals surface area (Å²) in [6.45, 7) is 3.92. The molecular weight excluding hydrogens is 320 g/mol. The summed E-state index contributed by atoms with van der Waals surface area (Å²) >= 11 is 1.31. The van der Waals surface area contributed by atoms with Gasteiger partial charge in [0.1, 0.15) is 0 Å². The minimum absolute atomic E-state index is 0.0413. The van der Waals surface area contributed by atoms with Gasteiger partial charge in [-0.05, 0) is 37.1 Å². The van der Waals surface area contributed by atoms with Crippen molar-refractivity contribution in [1.29, 1.82) is 0 Å². The Balaban J connectivity index is 1.69. The van der Waals surface area contributed by atoms with Crippen LogP contribution < -0.4 is 10.6 Å². The van der Waals surface area contributed by atoms with E-state index in [0.29, 0.717) is 0 Å². The molecule has 2 N–H and O–H groups in total. The zero-order chi connectivity index (χ0) is 17.4. The molecule has 0 bridgehead atoms. The molecule has 5 heteroatoms. The quantitative estimate of drug-likeness (QED) is 0.809. The Labute approximate surface area is 147 Å². The predicted octanol–water partition coefficient (Wildman–Crippen LogP) is 3.54. The maximum Gasteiger partial charge on any atom is 0.234 e. The number of hydrogen-bond acceptors (Lipinski definition) is 3. The fourth-order valence-electron chi connectivity index (χ4n) is 2.26. The minimum Gasteiger partial charge on any atom is -0.349 e. The predicted molar refractivity (Wildman–Crippen MR) is 100 cm³/mol. The van der Waals surface area contributed by atoms with Crippen molar-refractivity contribution in [3.05, 3.63) is 65.7 Å². The van der Waals surface area contributed by atoms with Gasteiger partial charge in [0, 0.05) is 5.69 Å². The second kappa shape index (κ2) is 9.13. The van der Waals surface area contributed by atoms with Crippen LogP contribution in [0.1, 0.15) is 24.1 Å². The van der Waals surface area contributed by atoms with Gasteiger partial charge in [0.05, 0.1) is 17.5 Å². The zero-order valence-electron chi connectivity index (χ0n) is 13.9. The molecular formula is C19H22N2O2S. The third kappa shape index (κ3) is 6.08. The SMILES string of the molecule is Cc1cccc(NC(=O)CSCC(=O)N[C@@H](C)c2ccccc2)c1. The number of aryl methyl sites for hydroxylation is 1.